The fourth-order valence-electron chi connectivity index (χ4n) is 2.09. The number of nitrogens with two attached hydrogens (primary N) is 1. The van der Waals surface area contributed by atoms with Crippen molar-refractivity contribution in [2.75, 3.05) is 6.61 Å². The number of benzene rings is 1. The molecule has 0 saturated heterocycles. The van der Waals surface area contributed by atoms with Gasteiger partial charge in [-0.2, -0.15) is 0 Å². The van der Waals surface area contributed by atoms with E-state index in [1.165, 1.54) is 0 Å². The van der Waals surface area contributed by atoms with Gasteiger partial charge in [0.05, 0.1) is 12.6 Å². The number of rotatable bonds is 6. The van der Waals surface area contributed by atoms with Crippen LogP contribution in [-0.2, 0) is 16.0 Å². The van der Waals surface area contributed by atoms with Crippen LogP contribution in [-0.4, -0.2) is 45.8 Å². The first-order chi connectivity index (χ1) is 10.0. The topological polar surface area (TPSA) is 128 Å². The molecule has 0 aliphatic rings. The van der Waals surface area contributed by atoms with Gasteiger partial charge in [0.15, 0.2) is 0 Å². The molecule has 1 aromatic carbocycles. The molecule has 0 bridgehead atoms. The number of hydrogen-bond donors (Lipinski definition) is 5. The fraction of sp³-hybridized carbons (Fsp3) is 0.286. The van der Waals surface area contributed by atoms with E-state index in [2.05, 4.69) is 10.3 Å². The first kappa shape index (κ1) is 15.0. The lowest BCUT2D eigenvalue weighted by Gasteiger charge is -2.15. The zero-order chi connectivity index (χ0) is 15.4. The molecule has 0 saturated carbocycles. The van der Waals surface area contributed by atoms with Crippen molar-refractivity contribution in [1.29, 1.82) is 0 Å². The molecule has 7 heteroatoms. The number of hydrogen-bond acceptors (Lipinski definition) is 4. The summed E-state index contributed by atoms with van der Waals surface area (Å²) in [5.74, 6) is -1.91. The molecule has 0 radical (unpaired) electrons. The van der Waals surface area contributed by atoms with E-state index in [4.69, 9.17) is 15.9 Å². The molecule has 21 heavy (non-hydrogen) atoms. The van der Waals surface area contributed by atoms with Crippen LogP contribution in [0.3, 0.4) is 0 Å². The van der Waals surface area contributed by atoms with Gasteiger partial charge < -0.3 is 26.2 Å². The Morgan fingerprint density at radius 1 is 1.33 bits per heavy atom. The minimum absolute atomic E-state index is 0.271. The number of aromatic amines is 1. The highest BCUT2D eigenvalue weighted by Crippen LogP contribution is 2.18. The predicted molar refractivity (Wildman–Crippen MR) is 76.6 cm³/mol. The highest BCUT2D eigenvalue weighted by Gasteiger charge is 2.23. The Balaban J connectivity index is 2.05. The van der Waals surface area contributed by atoms with Crippen molar-refractivity contribution < 1.29 is 19.8 Å². The lowest BCUT2D eigenvalue weighted by atomic mass is 10.0. The first-order valence-corrected chi connectivity index (χ1v) is 6.47. The quantitative estimate of drug-likeness (QED) is 0.494. The summed E-state index contributed by atoms with van der Waals surface area (Å²) in [6.07, 6.45) is 2.05. The number of carbonyl (C=O) groups is 2. The van der Waals surface area contributed by atoms with Gasteiger partial charge in [0.25, 0.3) is 0 Å². The van der Waals surface area contributed by atoms with Crippen LogP contribution >= 0.6 is 0 Å². The third kappa shape index (κ3) is 3.39. The average Bonchev–Trinajstić information content (AvgIpc) is 2.87. The number of amides is 1. The van der Waals surface area contributed by atoms with Crippen molar-refractivity contribution in [2.45, 2.75) is 18.5 Å². The molecule has 0 aliphatic carbocycles. The van der Waals surface area contributed by atoms with Crippen LogP contribution in [0.25, 0.3) is 10.9 Å². The third-order valence-electron chi connectivity index (χ3n) is 3.25. The normalized spacial score (nSPS) is 13.8. The molecule has 1 amide bonds. The largest absolute Gasteiger partial charge is 0.480 e. The zero-order valence-corrected chi connectivity index (χ0v) is 11.2. The summed E-state index contributed by atoms with van der Waals surface area (Å²) in [5, 5.41) is 20.8. The van der Waals surface area contributed by atoms with Crippen molar-refractivity contribution in [3.63, 3.8) is 0 Å². The Hall–Kier alpha value is -2.38. The highest BCUT2D eigenvalue weighted by atomic mass is 16.4. The Labute approximate surface area is 120 Å². The molecule has 7 nitrogen and oxygen atoms in total. The second-order valence-electron chi connectivity index (χ2n) is 4.75. The number of carbonyl (C=O) groups excluding carboxylic acids is 1. The third-order valence-corrected chi connectivity index (χ3v) is 3.25. The molecule has 2 atom stereocenters. The van der Waals surface area contributed by atoms with Crippen molar-refractivity contribution in [3.8, 4) is 0 Å². The number of H-pyrrole nitrogens is 1. The summed E-state index contributed by atoms with van der Waals surface area (Å²) < 4.78 is 0. The van der Waals surface area contributed by atoms with Gasteiger partial charge in [-0.15, -0.1) is 0 Å². The maximum atomic E-state index is 11.9. The van der Waals surface area contributed by atoms with Crippen LogP contribution in [0.1, 0.15) is 5.56 Å². The maximum absolute atomic E-state index is 11.9. The standard InChI is InChI=1S/C14H17N3O4/c15-10(13(19)17-12(7-18)14(20)21)5-8-6-16-11-4-2-1-3-9(8)11/h1-4,6,10,12,16,18H,5,7,15H2,(H,17,19)(H,20,21). The zero-order valence-electron chi connectivity index (χ0n) is 11.2. The van der Waals surface area contributed by atoms with Gasteiger partial charge in [-0.25, -0.2) is 4.79 Å². The van der Waals surface area contributed by atoms with Gasteiger partial charge in [-0.1, -0.05) is 18.2 Å². The number of fused-ring (bicyclic) bond motifs is 1. The molecule has 0 fully saturated rings. The highest BCUT2D eigenvalue weighted by molar-refractivity contribution is 5.88. The second-order valence-corrected chi connectivity index (χ2v) is 4.75. The molecule has 2 aromatic rings. The molecule has 6 N–H and O–H groups in total. The van der Waals surface area contributed by atoms with E-state index in [0.717, 1.165) is 16.5 Å². The van der Waals surface area contributed by atoms with Gasteiger partial charge in [0.1, 0.15) is 6.04 Å². The van der Waals surface area contributed by atoms with E-state index >= 15 is 0 Å². The predicted octanol–water partition coefficient (Wildman–Crippen LogP) is -0.401. The molecular formula is C14H17N3O4. The van der Waals surface area contributed by atoms with Crippen LogP contribution in [0.4, 0.5) is 0 Å². The van der Waals surface area contributed by atoms with Crippen LogP contribution in [0, 0.1) is 0 Å². The van der Waals surface area contributed by atoms with Crippen LogP contribution < -0.4 is 11.1 Å². The summed E-state index contributed by atoms with van der Waals surface area (Å²) >= 11 is 0. The number of aliphatic hydroxyl groups is 1. The fourth-order valence-corrected chi connectivity index (χ4v) is 2.09. The van der Waals surface area contributed by atoms with Crippen LogP contribution in [0.5, 0.6) is 0 Å². The number of carboxylic acids is 1. The molecule has 112 valence electrons. The number of nitrogens with one attached hydrogen (secondary N) is 2. The minimum atomic E-state index is -1.34. The average molecular weight is 291 g/mol. The molecule has 0 spiro atoms. The van der Waals surface area contributed by atoms with E-state index in [0.29, 0.717) is 0 Å². The molecule has 2 unspecified atom stereocenters. The number of para-hydroxylation sites is 1. The van der Waals surface area contributed by atoms with Crippen molar-refractivity contribution >= 4 is 22.8 Å². The van der Waals surface area contributed by atoms with E-state index in [1.807, 2.05) is 24.3 Å². The summed E-state index contributed by atoms with van der Waals surface area (Å²) in [4.78, 5) is 25.7. The smallest absolute Gasteiger partial charge is 0.328 e. The Kier molecular flexibility index (Phi) is 4.56. The number of aliphatic carboxylic acids is 1. The summed E-state index contributed by atoms with van der Waals surface area (Å²) in [5.41, 5.74) is 7.62. The van der Waals surface area contributed by atoms with E-state index in [1.54, 1.807) is 6.20 Å². The molecule has 0 aliphatic heterocycles. The SMILES string of the molecule is NC(Cc1c[nH]c2ccccc12)C(=O)NC(CO)C(=O)O. The summed E-state index contributed by atoms with van der Waals surface area (Å²) in [6, 6.07) is 5.38. The summed E-state index contributed by atoms with van der Waals surface area (Å²) in [6.45, 7) is -0.680. The van der Waals surface area contributed by atoms with Gasteiger partial charge in [0.2, 0.25) is 5.91 Å². The van der Waals surface area contributed by atoms with Gasteiger partial charge in [0, 0.05) is 17.1 Å². The maximum Gasteiger partial charge on any atom is 0.328 e. The van der Waals surface area contributed by atoms with E-state index in [9.17, 15) is 9.59 Å². The van der Waals surface area contributed by atoms with Crippen LogP contribution in [0.15, 0.2) is 30.5 Å². The van der Waals surface area contributed by atoms with Crippen molar-refractivity contribution in [2.24, 2.45) is 5.73 Å². The molecular weight excluding hydrogens is 274 g/mol. The Morgan fingerprint density at radius 2 is 2.05 bits per heavy atom. The van der Waals surface area contributed by atoms with Crippen molar-refractivity contribution in [3.05, 3.63) is 36.0 Å². The van der Waals surface area contributed by atoms with Gasteiger partial charge in [-0.3, -0.25) is 4.79 Å². The first-order valence-electron chi connectivity index (χ1n) is 6.47. The minimum Gasteiger partial charge on any atom is -0.480 e. The number of aliphatic hydroxyl groups excluding tert-OH is 1. The van der Waals surface area contributed by atoms with Gasteiger partial charge in [-0.05, 0) is 18.1 Å². The monoisotopic (exact) mass is 291 g/mol. The lowest BCUT2D eigenvalue weighted by Crippen LogP contribution is -2.50. The Bertz CT molecular complexity index is 652. The van der Waals surface area contributed by atoms with E-state index in [-0.39, 0.29) is 6.42 Å². The molecule has 1 heterocycles. The molecule has 1 aromatic heterocycles. The van der Waals surface area contributed by atoms with Gasteiger partial charge >= 0.3 is 5.97 Å². The lowest BCUT2D eigenvalue weighted by molar-refractivity contribution is -0.143. The summed E-state index contributed by atoms with van der Waals surface area (Å²) in [7, 11) is 0. The Morgan fingerprint density at radius 3 is 2.71 bits per heavy atom. The van der Waals surface area contributed by atoms with E-state index < -0.39 is 30.6 Å². The number of aromatic nitrogens is 1. The van der Waals surface area contributed by atoms with Crippen LogP contribution in [0.2, 0.25) is 0 Å². The van der Waals surface area contributed by atoms with Crippen molar-refractivity contribution in [1.82, 2.24) is 10.3 Å². The number of carboxylic acid groups (broad SMARTS) is 1. The second kappa shape index (κ2) is 6.38. The molecule has 2 rings (SSSR count).